The van der Waals surface area contributed by atoms with E-state index >= 15 is 0 Å². The zero-order chi connectivity index (χ0) is 19.9. The molecule has 0 radical (unpaired) electrons. The highest BCUT2D eigenvalue weighted by molar-refractivity contribution is 7.14. The molecule has 1 N–H and O–H groups in total. The van der Waals surface area contributed by atoms with Crippen molar-refractivity contribution in [3.05, 3.63) is 95.6 Å². The number of para-hydroxylation sites is 1. The molecule has 5 nitrogen and oxygen atoms in total. The van der Waals surface area contributed by atoms with E-state index in [1.165, 1.54) is 11.3 Å². The fourth-order valence-corrected chi connectivity index (χ4v) is 3.58. The molecule has 2 aromatic heterocycles. The number of nitrogens with zero attached hydrogens (tertiary/aromatic N) is 2. The second-order valence-electron chi connectivity index (χ2n) is 6.38. The summed E-state index contributed by atoms with van der Waals surface area (Å²) in [7, 11) is 0. The first-order valence-corrected chi connectivity index (χ1v) is 10.1. The fourth-order valence-electron chi connectivity index (χ4n) is 2.85. The Morgan fingerprint density at radius 1 is 0.966 bits per heavy atom. The molecule has 144 valence electrons. The number of aromatic nitrogens is 2. The summed E-state index contributed by atoms with van der Waals surface area (Å²) in [6.07, 6.45) is 3.66. The predicted octanol–water partition coefficient (Wildman–Crippen LogP) is 4.97. The van der Waals surface area contributed by atoms with E-state index < -0.39 is 0 Å². The van der Waals surface area contributed by atoms with E-state index in [0.29, 0.717) is 17.5 Å². The number of benzene rings is 2. The third-order valence-electron chi connectivity index (χ3n) is 4.29. The number of rotatable bonds is 7. The van der Waals surface area contributed by atoms with E-state index in [9.17, 15) is 4.79 Å². The highest BCUT2D eigenvalue weighted by Gasteiger charge is 2.12. The van der Waals surface area contributed by atoms with Crippen molar-refractivity contribution in [2.75, 3.05) is 5.32 Å². The summed E-state index contributed by atoms with van der Waals surface area (Å²) in [4.78, 5) is 21.0. The normalized spacial score (nSPS) is 10.5. The van der Waals surface area contributed by atoms with Gasteiger partial charge in [0.1, 0.15) is 12.4 Å². The molecule has 0 fully saturated rings. The molecule has 0 aliphatic rings. The summed E-state index contributed by atoms with van der Waals surface area (Å²) in [6.45, 7) is 0.460. The van der Waals surface area contributed by atoms with Crippen molar-refractivity contribution >= 4 is 22.4 Å². The Morgan fingerprint density at radius 3 is 2.55 bits per heavy atom. The number of pyridine rings is 1. The number of carbonyl (C=O) groups excluding carboxylic acids is 1. The lowest BCUT2D eigenvalue weighted by Gasteiger charge is -2.11. The maximum Gasteiger partial charge on any atom is 0.230 e. The van der Waals surface area contributed by atoms with E-state index in [2.05, 4.69) is 15.3 Å². The lowest BCUT2D eigenvalue weighted by molar-refractivity contribution is -0.115. The number of nitrogens with one attached hydrogen (secondary N) is 1. The molecule has 0 spiro atoms. The number of anilines is 1. The smallest absolute Gasteiger partial charge is 0.230 e. The number of thiazole rings is 1. The van der Waals surface area contributed by atoms with Crippen molar-refractivity contribution < 1.29 is 9.53 Å². The van der Waals surface area contributed by atoms with Gasteiger partial charge in [0.15, 0.2) is 5.13 Å². The Labute approximate surface area is 173 Å². The van der Waals surface area contributed by atoms with Gasteiger partial charge in [-0.1, -0.05) is 48.5 Å². The number of carbonyl (C=O) groups is 1. The van der Waals surface area contributed by atoms with Crippen molar-refractivity contribution in [2.45, 2.75) is 13.0 Å². The fraction of sp³-hybridized carbons (Fsp3) is 0.0870. The molecule has 0 aliphatic carbocycles. The van der Waals surface area contributed by atoms with Gasteiger partial charge in [0, 0.05) is 28.9 Å². The molecule has 6 heteroatoms. The molecule has 0 unspecified atom stereocenters. The van der Waals surface area contributed by atoms with Crippen LogP contribution in [0.5, 0.6) is 5.75 Å². The molecule has 1 amide bonds. The zero-order valence-electron chi connectivity index (χ0n) is 15.6. The first kappa shape index (κ1) is 18.8. The minimum Gasteiger partial charge on any atom is -0.489 e. The average molecular weight is 401 g/mol. The molecule has 2 aromatic carbocycles. The average Bonchev–Trinajstić information content (AvgIpc) is 3.23. The second-order valence-corrected chi connectivity index (χ2v) is 7.24. The topological polar surface area (TPSA) is 64.1 Å². The number of amides is 1. The molecule has 0 aliphatic heterocycles. The quantitative estimate of drug-likeness (QED) is 0.475. The monoisotopic (exact) mass is 401 g/mol. The summed E-state index contributed by atoms with van der Waals surface area (Å²) >= 11 is 1.40. The van der Waals surface area contributed by atoms with Crippen LogP contribution in [0.2, 0.25) is 0 Å². The van der Waals surface area contributed by atoms with Crippen LogP contribution in [-0.4, -0.2) is 15.9 Å². The van der Waals surface area contributed by atoms with E-state index in [0.717, 1.165) is 22.4 Å². The van der Waals surface area contributed by atoms with Crippen LogP contribution >= 0.6 is 11.3 Å². The molecule has 0 saturated carbocycles. The lowest BCUT2D eigenvalue weighted by Crippen LogP contribution is -2.15. The highest BCUT2D eigenvalue weighted by atomic mass is 32.1. The number of ether oxygens (including phenoxy) is 1. The SMILES string of the molecule is O=C(Cc1ccccc1OCc1ccccc1)Nc1nc(-c2ccncc2)cs1. The van der Waals surface area contributed by atoms with Crippen molar-refractivity contribution in [3.63, 3.8) is 0 Å². The van der Waals surface area contributed by atoms with Gasteiger partial charge in [-0.3, -0.25) is 9.78 Å². The molecule has 2 heterocycles. The van der Waals surface area contributed by atoms with Crippen LogP contribution in [0.3, 0.4) is 0 Å². The Hall–Kier alpha value is -3.51. The summed E-state index contributed by atoms with van der Waals surface area (Å²) in [5, 5.41) is 5.37. The first-order chi connectivity index (χ1) is 14.3. The van der Waals surface area contributed by atoms with E-state index in [4.69, 9.17) is 4.74 Å². The van der Waals surface area contributed by atoms with Gasteiger partial charge in [0.2, 0.25) is 5.91 Å². The maximum atomic E-state index is 12.5. The van der Waals surface area contributed by atoms with E-state index in [-0.39, 0.29) is 12.3 Å². The minimum absolute atomic E-state index is 0.128. The van der Waals surface area contributed by atoms with Crippen molar-refractivity contribution in [2.24, 2.45) is 0 Å². The first-order valence-electron chi connectivity index (χ1n) is 9.18. The lowest BCUT2D eigenvalue weighted by atomic mass is 10.1. The summed E-state index contributed by atoms with van der Waals surface area (Å²) in [6, 6.07) is 21.3. The van der Waals surface area contributed by atoms with Crippen molar-refractivity contribution in [1.82, 2.24) is 9.97 Å². The second kappa shape index (κ2) is 9.12. The molecular weight excluding hydrogens is 382 g/mol. The Bertz CT molecular complexity index is 1080. The Kier molecular flexibility index (Phi) is 5.92. The molecule has 4 rings (SSSR count). The van der Waals surface area contributed by atoms with Gasteiger partial charge in [-0.2, -0.15) is 0 Å². The van der Waals surface area contributed by atoms with Crippen LogP contribution in [0, 0.1) is 0 Å². The van der Waals surface area contributed by atoms with Crippen molar-refractivity contribution in [3.8, 4) is 17.0 Å². The number of hydrogen-bond acceptors (Lipinski definition) is 5. The van der Waals surface area contributed by atoms with Gasteiger partial charge in [-0.05, 0) is 23.8 Å². The molecule has 0 saturated heterocycles. The van der Waals surface area contributed by atoms with Crippen LogP contribution in [-0.2, 0) is 17.8 Å². The standard InChI is InChI=1S/C23H19N3O2S/c27-22(26-23-25-20(16-29-23)18-10-12-24-13-11-18)14-19-8-4-5-9-21(19)28-15-17-6-2-1-3-7-17/h1-13,16H,14-15H2,(H,25,26,27). The summed E-state index contributed by atoms with van der Waals surface area (Å²) < 4.78 is 5.94. The summed E-state index contributed by atoms with van der Waals surface area (Å²) in [5.41, 5.74) is 3.71. The van der Waals surface area contributed by atoms with Crippen LogP contribution < -0.4 is 10.1 Å². The summed E-state index contributed by atoms with van der Waals surface area (Å²) in [5.74, 6) is 0.583. The van der Waals surface area contributed by atoms with Gasteiger partial charge < -0.3 is 10.1 Å². The van der Waals surface area contributed by atoms with E-state index in [1.54, 1.807) is 12.4 Å². The molecule has 4 aromatic rings. The van der Waals surface area contributed by atoms with Gasteiger partial charge in [0.05, 0.1) is 12.1 Å². The van der Waals surface area contributed by atoms with Gasteiger partial charge in [-0.15, -0.1) is 11.3 Å². The van der Waals surface area contributed by atoms with Crippen LogP contribution in [0.15, 0.2) is 84.5 Å². The number of hydrogen-bond donors (Lipinski definition) is 1. The largest absolute Gasteiger partial charge is 0.489 e. The molecular formula is C23H19N3O2S. The predicted molar refractivity (Wildman–Crippen MR) is 115 cm³/mol. The van der Waals surface area contributed by atoms with E-state index in [1.807, 2.05) is 72.1 Å². The molecule has 0 atom stereocenters. The third kappa shape index (κ3) is 5.06. The van der Waals surface area contributed by atoms with Crippen molar-refractivity contribution in [1.29, 1.82) is 0 Å². The zero-order valence-corrected chi connectivity index (χ0v) is 16.4. The van der Waals surface area contributed by atoms with Crippen LogP contribution in [0.1, 0.15) is 11.1 Å². The van der Waals surface area contributed by atoms with Gasteiger partial charge in [-0.25, -0.2) is 4.98 Å². The van der Waals surface area contributed by atoms with Gasteiger partial charge in [0.25, 0.3) is 0 Å². The third-order valence-corrected chi connectivity index (χ3v) is 5.05. The maximum absolute atomic E-state index is 12.5. The highest BCUT2D eigenvalue weighted by Crippen LogP contribution is 2.25. The van der Waals surface area contributed by atoms with Crippen LogP contribution in [0.4, 0.5) is 5.13 Å². The minimum atomic E-state index is -0.128. The molecule has 0 bridgehead atoms. The van der Waals surface area contributed by atoms with Crippen LogP contribution in [0.25, 0.3) is 11.3 Å². The molecule has 29 heavy (non-hydrogen) atoms. The van der Waals surface area contributed by atoms with Gasteiger partial charge >= 0.3 is 0 Å². The Morgan fingerprint density at radius 2 is 1.72 bits per heavy atom. The Balaban J connectivity index is 1.39.